The summed E-state index contributed by atoms with van der Waals surface area (Å²) in [5, 5.41) is 13.7. The Morgan fingerprint density at radius 3 is 2.21 bits per heavy atom. The molecular weight excluding hydrogens is 352 g/mol. The Labute approximate surface area is 167 Å². The van der Waals surface area contributed by atoms with Crippen LogP contribution in [0.25, 0.3) is 0 Å². The molecule has 5 aliphatic rings. The number of nitrogens with zero attached hydrogens (tertiary/aromatic N) is 1. The van der Waals surface area contributed by atoms with E-state index in [1.807, 2.05) is 12.1 Å². The van der Waals surface area contributed by atoms with Crippen molar-refractivity contribution >= 4 is 11.6 Å². The predicted octanol–water partition coefficient (Wildman–Crippen LogP) is 2.89. The number of carbonyl (C=O) groups is 1. The molecule has 0 aromatic heterocycles. The zero-order valence-corrected chi connectivity index (χ0v) is 16.6. The molecule has 152 valence electrons. The minimum absolute atomic E-state index is 0.144. The summed E-state index contributed by atoms with van der Waals surface area (Å²) >= 11 is 0. The van der Waals surface area contributed by atoms with Gasteiger partial charge in [0.1, 0.15) is 0 Å². The van der Waals surface area contributed by atoms with E-state index in [-0.39, 0.29) is 11.3 Å². The second-order valence-electron chi connectivity index (χ2n) is 9.61. The molecule has 1 aliphatic heterocycles. The molecule has 1 amide bonds. The maximum atomic E-state index is 13.1. The molecule has 2 N–H and O–H groups in total. The number of ether oxygens (including phenoxy) is 1. The Kier molecular flexibility index (Phi) is 4.84. The standard InChI is InChI=1S/C23H32N2O3/c26-21(19-1-3-20(4-2-19)25-5-7-28-8-6-25)15-24-22(27)23-12-16-9-17(13-23)11-18(10-16)14-23/h1-4,16-18,21,26H,5-15H2,(H,24,27). The van der Waals surface area contributed by atoms with Gasteiger partial charge in [-0.2, -0.15) is 0 Å². The Balaban J connectivity index is 1.18. The molecule has 0 spiro atoms. The molecule has 28 heavy (non-hydrogen) atoms. The molecule has 6 rings (SSSR count). The van der Waals surface area contributed by atoms with Crippen LogP contribution in [-0.2, 0) is 9.53 Å². The SMILES string of the molecule is O=C(NCC(O)c1ccc(N2CCOCC2)cc1)C12CC3CC(CC(C3)C1)C2. The summed E-state index contributed by atoms with van der Waals surface area (Å²) in [6, 6.07) is 8.08. The fourth-order valence-electron chi connectivity index (χ4n) is 6.61. The first-order chi connectivity index (χ1) is 13.6. The molecule has 0 radical (unpaired) electrons. The highest BCUT2D eigenvalue weighted by atomic mass is 16.5. The number of hydrogen-bond acceptors (Lipinski definition) is 4. The van der Waals surface area contributed by atoms with Gasteiger partial charge in [-0.05, 0) is 74.0 Å². The van der Waals surface area contributed by atoms with Crippen molar-refractivity contribution in [2.75, 3.05) is 37.7 Å². The van der Waals surface area contributed by atoms with Crippen molar-refractivity contribution in [3.63, 3.8) is 0 Å². The minimum atomic E-state index is -0.656. The fourth-order valence-corrected chi connectivity index (χ4v) is 6.61. The Hall–Kier alpha value is -1.59. The summed E-state index contributed by atoms with van der Waals surface area (Å²) in [4.78, 5) is 15.4. The van der Waals surface area contributed by atoms with Crippen LogP contribution >= 0.6 is 0 Å². The first-order valence-corrected chi connectivity index (χ1v) is 11.0. The first-order valence-electron chi connectivity index (χ1n) is 11.0. The smallest absolute Gasteiger partial charge is 0.226 e. The third-order valence-corrected chi connectivity index (χ3v) is 7.63. The summed E-state index contributed by atoms with van der Waals surface area (Å²) in [5.74, 6) is 2.47. The number of morpholine rings is 1. The summed E-state index contributed by atoms with van der Waals surface area (Å²) in [5.41, 5.74) is 1.88. The Bertz CT molecular complexity index is 676. The van der Waals surface area contributed by atoms with Crippen molar-refractivity contribution < 1.29 is 14.6 Å². The van der Waals surface area contributed by atoms with Crippen LogP contribution in [0.1, 0.15) is 50.2 Å². The van der Waals surface area contributed by atoms with E-state index in [9.17, 15) is 9.90 Å². The van der Waals surface area contributed by atoms with Gasteiger partial charge in [-0.15, -0.1) is 0 Å². The van der Waals surface area contributed by atoms with Gasteiger partial charge in [0.2, 0.25) is 5.91 Å². The van der Waals surface area contributed by atoms with Crippen molar-refractivity contribution in [2.24, 2.45) is 23.2 Å². The molecule has 5 nitrogen and oxygen atoms in total. The number of hydrogen-bond donors (Lipinski definition) is 2. The molecule has 1 aromatic carbocycles. The van der Waals surface area contributed by atoms with Gasteiger partial charge in [0.25, 0.3) is 0 Å². The van der Waals surface area contributed by atoms with Crippen LogP contribution in [-0.4, -0.2) is 43.9 Å². The van der Waals surface area contributed by atoms with Crippen LogP contribution in [0.2, 0.25) is 0 Å². The van der Waals surface area contributed by atoms with Crippen LogP contribution in [0.15, 0.2) is 24.3 Å². The lowest BCUT2D eigenvalue weighted by molar-refractivity contribution is -0.146. The maximum absolute atomic E-state index is 13.1. The van der Waals surface area contributed by atoms with E-state index in [1.54, 1.807) is 0 Å². The van der Waals surface area contributed by atoms with Crippen LogP contribution in [0.4, 0.5) is 5.69 Å². The van der Waals surface area contributed by atoms with Gasteiger partial charge in [-0.3, -0.25) is 4.79 Å². The maximum Gasteiger partial charge on any atom is 0.226 e. The molecule has 1 aromatic rings. The van der Waals surface area contributed by atoms with Crippen molar-refractivity contribution in [1.29, 1.82) is 0 Å². The quantitative estimate of drug-likeness (QED) is 0.819. The number of rotatable bonds is 5. The molecule has 1 saturated heterocycles. The van der Waals surface area contributed by atoms with E-state index in [0.717, 1.165) is 74.6 Å². The van der Waals surface area contributed by atoms with Gasteiger partial charge in [0, 0.05) is 30.7 Å². The topological polar surface area (TPSA) is 61.8 Å². The van der Waals surface area contributed by atoms with Crippen molar-refractivity contribution in [1.82, 2.24) is 5.32 Å². The largest absolute Gasteiger partial charge is 0.387 e. The molecular formula is C23H32N2O3. The summed E-state index contributed by atoms with van der Waals surface area (Å²) in [6.07, 6.45) is 6.55. The molecule has 4 bridgehead atoms. The average molecular weight is 385 g/mol. The molecule has 1 unspecified atom stereocenters. The molecule has 1 heterocycles. The monoisotopic (exact) mass is 384 g/mol. The molecule has 5 heteroatoms. The lowest BCUT2D eigenvalue weighted by Crippen LogP contribution is -2.54. The third kappa shape index (κ3) is 3.43. The van der Waals surface area contributed by atoms with Gasteiger partial charge >= 0.3 is 0 Å². The second-order valence-corrected chi connectivity index (χ2v) is 9.61. The zero-order chi connectivity index (χ0) is 19.1. The van der Waals surface area contributed by atoms with Gasteiger partial charge in [0.15, 0.2) is 0 Å². The normalized spacial score (nSPS) is 35.0. The van der Waals surface area contributed by atoms with E-state index in [2.05, 4.69) is 22.3 Å². The minimum Gasteiger partial charge on any atom is -0.387 e. The lowest BCUT2D eigenvalue weighted by atomic mass is 9.49. The number of aliphatic hydroxyl groups is 1. The summed E-state index contributed by atoms with van der Waals surface area (Å²) in [7, 11) is 0. The highest BCUT2D eigenvalue weighted by molar-refractivity contribution is 5.83. The van der Waals surface area contributed by atoms with Crippen molar-refractivity contribution in [3.8, 4) is 0 Å². The van der Waals surface area contributed by atoms with E-state index < -0.39 is 6.10 Å². The van der Waals surface area contributed by atoms with Crippen molar-refractivity contribution in [3.05, 3.63) is 29.8 Å². The first kappa shape index (κ1) is 18.4. The van der Waals surface area contributed by atoms with Crippen LogP contribution in [0.3, 0.4) is 0 Å². The van der Waals surface area contributed by atoms with Gasteiger partial charge in [-0.1, -0.05) is 12.1 Å². The number of anilines is 1. The van der Waals surface area contributed by atoms with E-state index in [4.69, 9.17) is 4.74 Å². The molecule has 4 saturated carbocycles. The van der Waals surface area contributed by atoms with E-state index in [0.29, 0.717) is 6.54 Å². The van der Waals surface area contributed by atoms with Crippen LogP contribution < -0.4 is 10.2 Å². The predicted molar refractivity (Wildman–Crippen MR) is 108 cm³/mol. The number of aliphatic hydroxyl groups excluding tert-OH is 1. The third-order valence-electron chi connectivity index (χ3n) is 7.63. The van der Waals surface area contributed by atoms with Crippen LogP contribution in [0.5, 0.6) is 0 Å². The van der Waals surface area contributed by atoms with Gasteiger partial charge in [0.05, 0.1) is 19.3 Å². The molecule has 4 aliphatic carbocycles. The second kappa shape index (κ2) is 7.34. The van der Waals surface area contributed by atoms with E-state index >= 15 is 0 Å². The number of benzene rings is 1. The average Bonchev–Trinajstić information content (AvgIpc) is 2.71. The van der Waals surface area contributed by atoms with E-state index in [1.165, 1.54) is 19.3 Å². The summed E-state index contributed by atoms with van der Waals surface area (Å²) in [6.45, 7) is 3.64. The van der Waals surface area contributed by atoms with Crippen molar-refractivity contribution in [2.45, 2.75) is 44.6 Å². The highest BCUT2D eigenvalue weighted by Gasteiger charge is 2.54. The van der Waals surface area contributed by atoms with Gasteiger partial charge in [-0.25, -0.2) is 0 Å². The van der Waals surface area contributed by atoms with Gasteiger partial charge < -0.3 is 20.1 Å². The number of nitrogens with one attached hydrogen (secondary N) is 1. The number of carbonyl (C=O) groups excluding carboxylic acids is 1. The molecule has 5 fully saturated rings. The zero-order valence-electron chi connectivity index (χ0n) is 16.6. The highest BCUT2D eigenvalue weighted by Crippen LogP contribution is 2.60. The fraction of sp³-hybridized carbons (Fsp3) is 0.696. The Morgan fingerprint density at radius 1 is 1.07 bits per heavy atom. The summed E-state index contributed by atoms with van der Waals surface area (Å²) < 4.78 is 5.40. The lowest BCUT2D eigenvalue weighted by Gasteiger charge is -2.55. The Morgan fingerprint density at radius 2 is 1.64 bits per heavy atom. The van der Waals surface area contributed by atoms with Crippen LogP contribution in [0, 0.1) is 23.2 Å². The number of amides is 1. The molecule has 1 atom stereocenters.